The van der Waals surface area contributed by atoms with Gasteiger partial charge in [0, 0.05) is 20.6 Å². The van der Waals surface area contributed by atoms with Crippen LogP contribution < -0.4 is 10.1 Å². The summed E-state index contributed by atoms with van der Waals surface area (Å²) < 4.78 is 10.4. The molecule has 0 heterocycles. The minimum Gasteiger partial charge on any atom is -0.497 e. The first-order valence-corrected chi connectivity index (χ1v) is 5.08. The molecule has 0 aromatic heterocycles. The maximum atomic E-state index is 10.8. The molecule has 4 heteroatoms. The number of methoxy groups -OCH3 is 2. The first kappa shape index (κ1) is 12.5. The molecule has 0 radical (unpaired) electrons. The van der Waals surface area contributed by atoms with E-state index in [0.29, 0.717) is 6.54 Å². The fraction of sp³-hybridized carbons (Fsp3) is 0.417. The Balaban J connectivity index is 2.73. The third kappa shape index (κ3) is 3.55. The van der Waals surface area contributed by atoms with Crippen molar-refractivity contribution in [2.45, 2.75) is 13.0 Å². The number of ether oxygens (including phenoxy) is 2. The number of amides is 1. The Bertz CT molecular complexity index is 352. The monoisotopic (exact) mass is 223 g/mol. The van der Waals surface area contributed by atoms with E-state index in [9.17, 15) is 4.79 Å². The highest BCUT2D eigenvalue weighted by atomic mass is 16.5. The van der Waals surface area contributed by atoms with Crippen LogP contribution in [-0.2, 0) is 9.53 Å². The summed E-state index contributed by atoms with van der Waals surface area (Å²) in [6, 6.07) is 7.61. The van der Waals surface area contributed by atoms with E-state index in [1.54, 1.807) is 14.2 Å². The number of benzene rings is 1. The van der Waals surface area contributed by atoms with Gasteiger partial charge in [-0.3, -0.25) is 4.79 Å². The van der Waals surface area contributed by atoms with Crippen LogP contribution in [0.15, 0.2) is 24.3 Å². The molecule has 0 fully saturated rings. The molecule has 0 bridgehead atoms. The normalized spacial score (nSPS) is 11.9. The van der Waals surface area contributed by atoms with Gasteiger partial charge in [0.05, 0.1) is 13.2 Å². The average molecular weight is 223 g/mol. The number of rotatable bonds is 5. The van der Waals surface area contributed by atoms with Gasteiger partial charge in [-0.1, -0.05) is 12.1 Å². The van der Waals surface area contributed by atoms with Gasteiger partial charge in [0.15, 0.2) is 0 Å². The lowest BCUT2D eigenvalue weighted by Crippen LogP contribution is -2.26. The van der Waals surface area contributed by atoms with Gasteiger partial charge >= 0.3 is 0 Å². The molecular formula is C12H17NO3. The van der Waals surface area contributed by atoms with Crippen LogP contribution in [0.5, 0.6) is 5.75 Å². The van der Waals surface area contributed by atoms with Gasteiger partial charge in [-0.25, -0.2) is 0 Å². The number of carbonyl (C=O) groups excluding carboxylic acids is 1. The molecule has 1 amide bonds. The van der Waals surface area contributed by atoms with Crippen LogP contribution in [0.4, 0.5) is 0 Å². The molecule has 0 saturated carbocycles. The minimum atomic E-state index is -0.154. The third-order valence-corrected chi connectivity index (χ3v) is 2.29. The zero-order valence-electron chi connectivity index (χ0n) is 9.82. The van der Waals surface area contributed by atoms with Gasteiger partial charge in [-0.2, -0.15) is 0 Å². The van der Waals surface area contributed by atoms with Crippen LogP contribution in [0, 0.1) is 0 Å². The van der Waals surface area contributed by atoms with Crippen LogP contribution in [0.1, 0.15) is 18.6 Å². The third-order valence-electron chi connectivity index (χ3n) is 2.29. The first-order valence-electron chi connectivity index (χ1n) is 5.08. The lowest BCUT2D eigenvalue weighted by Gasteiger charge is -2.16. The van der Waals surface area contributed by atoms with E-state index in [-0.39, 0.29) is 12.0 Å². The summed E-state index contributed by atoms with van der Waals surface area (Å²) in [5, 5.41) is 2.73. The molecule has 0 saturated heterocycles. The number of carbonyl (C=O) groups is 1. The van der Waals surface area contributed by atoms with Crippen LogP contribution >= 0.6 is 0 Å². The molecule has 1 N–H and O–H groups in total. The van der Waals surface area contributed by atoms with Crippen LogP contribution in [0.3, 0.4) is 0 Å². The zero-order chi connectivity index (χ0) is 12.0. The second-order valence-electron chi connectivity index (χ2n) is 3.44. The molecule has 1 unspecified atom stereocenters. The maximum Gasteiger partial charge on any atom is 0.216 e. The second kappa shape index (κ2) is 6.12. The van der Waals surface area contributed by atoms with Crippen molar-refractivity contribution in [2.24, 2.45) is 0 Å². The SMILES string of the molecule is COc1cccc(C(CNC(C)=O)OC)c1. The fourth-order valence-electron chi connectivity index (χ4n) is 1.42. The molecule has 1 aromatic rings. The smallest absolute Gasteiger partial charge is 0.216 e. The Morgan fingerprint density at radius 1 is 1.44 bits per heavy atom. The Labute approximate surface area is 95.6 Å². The summed E-state index contributed by atoms with van der Waals surface area (Å²) >= 11 is 0. The van der Waals surface area contributed by atoms with E-state index >= 15 is 0 Å². The van der Waals surface area contributed by atoms with Crippen molar-refractivity contribution in [3.05, 3.63) is 29.8 Å². The Morgan fingerprint density at radius 2 is 2.19 bits per heavy atom. The van der Waals surface area contributed by atoms with Gasteiger partial charge in [0.2, 0.25) is 5.91 Å². The molecule has 0 aliphatic heterocycles. The van der Waals surface area contributed by atoms with E-state index in [1.807, 2.05) is 24.3 Å². The highest BCUT2D eigenvalue weighted by molar-refractivity contribution is 5.72. The Morgan fingerprint density at radius 3 is 2.75 bits per heavy atom. The Kier molecular flexibility index (Phi) is 4.79. The van der Waals surface area contributed by atoms with E-state index in [0.717, 1.165) is 11.3 Å². The van der Waals surface area contributed by atoms with Crippen molar-refractivity contribution in [2.75, 3.05) is 20.8 Å². The summed E-state index contributed by atoms with van der Waals surface area (Å²) in [4.78, 5) is 10.8. The first-order chi connectivity index (χ1) is 7.67. The van der Waals surface area contributed by atoms with E-state index in [4.69, 9.17) is 9.47 Å². The molecule has 0 aliphatic rings. The highest BCUT2D eigenvalue weighted by Gasteiger charge is 2.11. The van der Waals surface area contributed by atoms with Crippen molar-refractivity contribution in [3.63, 3.8) is 0 Å². The van der Waals surface area contributed by atoms with Crippen LogP contribution in [0.2, 0.25) is 0 Å². The largest absolute Gasteiger partial charge is 0.497 e. The molecule has 1 atom stereocenters. The summed E-state index contributed by atoms with van der Waals surface area (Å²) in [6.45, 7) is 1.94. The van der Waals surface area contributed by atoms with Crippen molar-refractivity contribution >= 4 is 5.91 Å². The van der Waals surface area contributed by atoms with Crippen LogP contribution in [-0.4, -0.2) is 26.7 Å². The summed E-state index contributed by atoms with van der Waals surface area (Å²) in [5.74, 6) is 0.715. The number of nitrogens with one attached hydrogen (secondary N) is 1. The maximum absolute atomic E-state index is 10.8. The van der Waals surface area contributed by atoms with Gasteiger partial charge in [-0.15, -0.1) is 0 Å². The van der Waals surface area contributed by atoms with Crippen LogP contribution in [0.25, 0.3) is 0 Å². The number of hydrogen-bond acceptors (Lipinski definition) is 3. The molecule has 0 aliphatic carbocycles. The molecule has 1 rings (SSSR count). The van der Waals surface area contributed by atoms with E-state index in [2.05, 4.69) is 5.32 Å². The lowest BCUT2D eigenvalue weighted by atomic mass is 10.1. The van der Waals surface area contributed by atoms with Crippen molar-refractivity contribution in [3.8, 4) is 5.75 Å². The van der Waals surface area contributed by atoms with Crippen molar-refractivity contribution in [1.82, 2.24) is 5.32 Å². The van der Waals surface area contributed by atoms with E-state index < -0.39 is 0 Å². The van der Waals surface area contributed by atoms with Crippen molar-refractivity contribution in [1.29, 1.82) is 0 Å². The predicted molar refractivity (Wildman–Crippen MR) is 61.4 cm³/mol. The average Bonchev–Trinajstić information content (AvgIpc) is 2.30. The molecule has 88 valence electrons. The summed E-state index contributed by atoms with van der Waals surface area (Å²) in [7, 11) is 3.24. The van der Waals surface area contributed by atoms with Gasteiger partial charge in [-0.05, 0) is 17.7 Å². The molecule has 1 aromatic carbocycles. The second-order valence-corrected chi connectivity index (χ2v) is 3.44. The molecule has 0 spiro atoms. The Hall–Kier alpha value is -1.55. The van der Waals surface area contributed by atoms with Crippen molar-refractivity contribution < 1.29 is 14.3 Å². The quantitative estimate of drug-likeness (QED) is 0.823. The minimum absolute atomic E-state index is 0.0649. The van der Waals surface area contributed by atoms with Gasteiger partial charge < -0.3 is 14.8 Å². The molecule has 4 nitrogen and oxygen atoms in total. The summed E-state index contributed by atoms with van der Waals surface area (Å²) in [6.07, 6.45) is -0.154. The summed E-state index contributed by atoms with van der Waals surface area (Å²) in [5.41, 5.74) is 0.982. The van der Waals surface area contributed by atoms with Gasteiger partial charge in [0.1, 0.15) is 5.75 Å². The topological polar surface area (TPSA) is 47.6 Å². The highest BCUT2D eigenvalue weighted by Crippen LogP contribution is 2.20. The fourth-order valence-corrected chi connectivity index (χ4v) is 1.42. The molecule has 16 heavy (non-hydrogen) atoms. The molecular weight excluding hydrogens is 206 g/mol. The zero-order valence-corrected chi connectivity index (χ0v) is 9.82. The lowest BCUT2D eigenvalue weighted by molar-refractivity contribution is -0.119. The van der Waals surface area contributed by atoms with Gasteiger partial charge in [0.25, 0.3) is 0 Å². The number of hydrogen-bond donors (Lipinski definition) is 1. The predicted octanol–water partition coefficient (Wildman–Crippen LogP) is 1.52. The standard InChI is InChI=1S/C12H17NO3/c1-9(14)13-8-12(16-3)10-5-4-6-11(7-10)15-2/h4-7,12H,8H2,1-3H3,(H,13,14). The van der Waals surface area contributed by atoms with E-state index in [1.165, 1.54) is 6.92 Å².